The molecule has 2 heteroatoms. The molecule has 2 N–H and O–H groups in total. The van der Waals surface area contributed by atoms with Gasteiger partial charge in [-0.25, -0.2) is 5.84 Å². The van der Waals surface area contributed by atoms with Gasteiger partial charge in [-0.05, 0) is 31.9 Å². The summed E-state index contributed by atoms with van der Waals surface area (Å²) >= 11 is 0. The molecule has 64 valence electrons. The van der Waals surface area contributed by atoms with Crippen LogP contribution in [-0.4, -0.2) is 12.1 Å². The van der Waals surface area contributed by atoms with Crippen molar-refractivity contribution in [2.45, 2.75) is 27.2 Å². The first-order chi connectivity index (χ1) is 5.13. The molecule has 0 aliphatic rings. The van der Waals surface area contributed by atoms with Crippen molar-refractivity contribution in [1.29, 1.82) is 0 Å². The Labute approximate surface area is 69.3 Å². The Kier molecular flexibility index (Phi) is 4.62. The molecule has 0 rings (SSSR count). The zero-order valence-corrected chi connectivity index (χ0v) is 7.89. The minimum Gasteiger partial charge on any atom is -0.314 e. The minimum atomic E-state index is 1.04. The second-order valence-corrected chi connectivity index (χ2v) is 2.63. The van der Waals surface area contributed by atoms with Crippen LogP contribution < -0.4 is 5.84 Å². The molecular formula is C9H18N2. The van der Waals surface area contributed by atoms with Gasteiger partial charge in [0.1, 0.15) is 0 Å². The van der Waals surface area contributed by atoms with Crippen LogP contribution in [0.2, 0.25) is 0 Å². The lowest BCUT2D eigenvalue weighted by Crippen LogP contribution is -2.25. The van der Waals surface area contributed by atoms with E-state index in [-0.39, 0.29) is 0 Å². The number of nitrogens with zero attached hydrogens (tertiary/aromatic N) is 1. The molecular weight excluding hydrogens is 136 g/mol. The fraction of sp³-hybridized carbons (Fsp3) is 0.556. The van der Waals surface area contributed by atoms with Crippen LogP contribution in [0, 0.1) is 0 Å². The summed E-state index contributed by atoms with van der Waals surface area (Å²) in [4.78, 5) is 0. The Hall–Kier alpha value is -0.760. The average Bonchev–Trinajstić information content (AvgIpc) is 1.98. The molecule has 0 heterocycles. The van der Waals surface area contributed by atoms with Crippen LogP contribution in [-0.2, 0) is 0 Å². The third-order valence-corrected chi connectivity index (χ3v) is 1.67. The maximum atomic E-state index is 5.62. The summed E-state index contributed by atoms with van der Waals surface area (Å²) in [7, 11) is 1.86. The lowest BCUT2D eigenvalue weighted by atomic mass is 10.1. The predicted molar refractivity (Wildman–Crippen MR) is 49.8 cm³/mol. The van der Waals surface area contributed by atoms with Gasteiger partial charge in [0, 0.05) is 12.7 Å². The Morgan fingerprint density at radius 1 is 1.55 bits per heavy atom. The summed E-state index contributed by atoms with van der Waals surface area (Å²) in [6, 6.07) is 0. The molecule has 0 radical (unpaired) electrons. The lowest BCUT2D eigenvalue weighted by Gasteiger charge is -2.16. The number of rotatable bonds is 3. The van der Waals surface area contributed by atoms with Gasteiger partial charge < -0.3 is 5.01 Å². The van der Waals surface area contributed by atoms with E-state index in [1.807, 2.05) is 26.1 Å². The topological polar surface area (TPSA) is 29.3 Å². The Bertz CT molecular complexity index is 166. The van der Waals surface area contributed by atoms with Crippen LogP contribution in [0.25, 0.3) is 0 Å². The smallest absolute Gasteiger partial charge is 0.0499 e. The zero-order chi connectivity index (χ0) is 8.85. The first kappa shape index (κ1) is 10.2. The van der Waals surface area contributed by atoms with E-state index in [1.54, 1.807) is 5.01 Å². The molecule has 0 aliphatic carbocycles. The number of likely N-dealkylation sites (N-methyl/N-ethyl adjacent to an activating group) is 1. The number of nitrogens with two attached hydrogens (primary N) is 1. The summed E-state index contributed by atoms with van der Waals surface area (Å²) in [6.07, 6.45) is 5.07. The third-order valence-electron chi connectivity index (χ3n) is 1.67. The van der Waals surface area contributed by atoms with Gasteiger partial charge in [0.25, 0.3) is 0 Å². The van der Waals surface area contributed by atoms with Gasteiger partial charge in [-0.3, -0.25) is 0 Å². The van der Waals surface area contributed by atoms with E-state index in [0.29, 0.717) is 0 Å². The molecule has 0 aromatic heterocycles. The molecule has 0 unspecified atom stereocenters. The van der Waals surface area contributed by atoms with Gasteiger partial charge in [-0.15, -0.1) is 0 Å². The summed E-state index contributed by atoms with van der Waals surface area (Å²) in [5.41, 5.74) is 2.42. The molecule has 0 saturated carbocycles. The van der Waals surface area contributed by atoms with E-state index < -0.39 is 0 Å². The van der Waals surface area contributed by atoms with Crippen LogP contribution in [0.5, 0.6) is 0 Å². The highest BCUT2D eigenvalue weighted by molar-refractivity contribution is 5.21. The highest BCUT2D eigenvalue weighted by Gasteiger charge is 1.98. The zero-order valence-electron chi connectivity index (χ0n) is 7.89. The van der Waals surface area contributed by atoms with Crippen molar-refractivity contribution in [3.63, 3.8) is 0 Å². The molecule has 0 spiro atoms. The number of hydrogen-bond acceptors (Lipinski definition) is 2. The normalized spacial score (nSPS) is 13.5. The average molecular weight is 154 g/mol. The van der Waals surface area contributed by atoms with Gasteiger partial charge >= 0.3 is 0 Å². The molecule has 0 aromatic carbocycles. The fourth-order valence-electron chi connectivity index (χ4n) is 0.900. The van der Waals surface area contributed by atoms with E-state index >= 15 is 0 Å². The molecule has 0 atom stereocenters. The minimum absolute atomic E-state index is 1.04. The monoisotopic (exact) mass is 154 g/mol. The third kappa shape index (κ3) is 3.23. The second kappa shape index (κ2) is 4.97. The molecule has 2 nitrogen and oxygen atoms in total. The van der Waals surface area contributed by atoms with E-state index in [0.717, 1.165) is 12.1 Å². The highest BCUT2D eigenvalue weighted by atomic mass is 15.4. The van der Waals surface area contributed by atoms with Gasteiger partial charge in [-0.1, -0.05) is 13.0 Å². The van der Waals surface area contributed by atoms with Crippen molar-refractivity contribution in [2.24, 2.45) is 5.84 Å². The first-order valence-electron chi connectivity index (χ1n) is 3.94. The van der Waals surface area contributed by atoms with Crippen LogP contribution in [0.4, 0.5) is 0 Å². The standard InChI is InChI=1S/C9H18N2/c1-5-7-9(11(4)10)8(3)6-2/h5,7H,6,10H2,1-4H3/b7-5-,9-8-. The van der Waals surface area contributed by atoms with Crippen molar-refractivity contribution in [2.75, 3.05) is 7.05 Å². The molecule has 0 amide bonds. The SMILES string of the molecule is C/C=C\C(=C(/C)CC)N(C)N. The van der Waals surface area contributed by atoms with Gasteiger partial charge in [0.15, 0.2) is 0 Å². The number of hydrazine groups is 1. The van der Waals surface area contributed by atoms with Crippen LogP contribution >= 0.6 is 0 Å². The summed E-state index contributed by atoms with van der Waals surface area (Å²) in [6.45, 7) is 6.22. The largest absolute Gasteiger partial charge is 0.314 e. The van der Waals surface area contributed by atoms with E-state index in [2.05, 4.69) is 13.8 Å². The Morgan fingerprint density at radius 2 is 2.09 bits per heavy atom. The van der Waals surface area contributed by atoms with E-state index in [4.69, 9.17) is 5.84 Å². The number of allylic oxidation sites excluding steroid dienone is 3. The highest BCUT2D eigenvalue weighted by Crippen LogP contribution is 2.09. The lowest BCUT2D eigenvalue weighted by molar-refractivity contribution is 0.448. The van der Waals surface area contributed by atoms with Crippen LogP contribution in [0.3, 0.4) is 0 Å². The molecule has 0 fully saturated rings. The Balaban J connectivity index is 4.57. The quantitative estimate of drug-likeness (QED) is 0.383. The molecule has 0 bridgehead atoms. The summed E-state index contributed by atoms with van der Waals surface area (Å²) in [5.74, 6) is 5.62. The van der Waals surface area contributed by atoms with Gasteiger partial charge in [-0.2, -0.15) is 0 Å². The first-order valence-corrected chi connectivity index (χ1v) is 3.94. The maximum absolute atomic E-state index is 5.62. The molecule has 0 saturated heterocycles. The predicted octanol–water partition coefficient (Wildman–Crippen LogP) is 2.05. The summed E-state index contributed by atoms with van der Waals surface area (Å²) in [5, 5.41) is 1.65. The van der Waals surface area contributed by atoms with E-state index in [9.17, 15) is 0 Å². The molecule has 0 aromatic rings. The van der Waals surface area contributed by atoms with Crippen molar-refractivity contribution in [1.82, 2.24) is 5.01 Å². The fourth-order valence-corrected chi connectivity index (χ4v) is 0.900. The van der Waals surface area contributed by atoms with Gasteiger partial charge in [0.2, 0.25) is 0 Å². The Morgan fingerprint density at radius 3 is 2.36 bits per heavy atom. The molecule has 11 heavy (non-hydrogen) atoms. The van der Waals surface area contributed by atoms with Crippen molar-refractivity contribution in [3.8, 4) is 0 Å². The van der Waals surface area contributed by atoms with Crippen molar-refractivity contribution >= 4 is 0 Å². The van der Waals surface area contributed by atoms with E-state index in [1.165, 1.54) is 5.57 Å². The molecule has 0 aliphatic heterocycles. The van der Waals surface area contributed by atoms with Crippen LogP contribution in [0.15, 0.2) is 23.4 Å². The van der Waals surface area contributed by atoms with Gasteiger partial charge in [0.05, 0.1) is 0 Å². The van der Waals surface area contributed by atoms with Crippen LogP contribution in [0.1, 0.15) is 27.2 Å². The maximum Gasteiger partial charge on any atom is 0.0499 e. The second-order valence-electron chi connectivity index (χ2n) is 2.63. The van der Waals surface area contributed by atoms with Crippen molar-refractivity contribution < 1.29 is 0 Å². The van der Waals surface area contributed by atoms with Crippen molar-refractivity contribution in [3.05, 3.63) is 23.4 Å². The summed E-state index contributed by atoms with van der Waals surface area (Å²) < 4.78 is 0. The number of hydrogen-bond donors (Lipinski definition) is 1.